The lowest BCUT2D eigenvalue weighted by Gasteiger charge is -2.28. The van der Waals surface area contributed by atoms with Crippen LogP contribution >= 0.6 is 0 Å². The molecule has 10 nitrogen and oxygen atoms in total. The first-order valence-electron chi connectivity index (χ1n) is 9.66. The van der Waals surface area contributed by atoms with Gasteiger partial charge in [0.25, 0.3) is 5.69 Å². The normalized spacial score (nSPS) is 13.6. The van der Waals surface area contributed by atoms with Gasteiger partial charge in [-0.3, -0.25) is 10.1 Å². The fourth-order valence-electron chi connectivity index (χ4n) is 3.07. The summed E-state index contributed by atoms with van der Waals surface area (Å²) in [7, 11) is -4.04. The average molecular weight is 448 g/mol. The zero-order valence-corrected chi connectivity index (χ0v) is 18.1. The molecule has 2 atom stereocenters. The van der Waals surface area contributed by atoms with E-state index in [-0.39, 0.29) is 36.0 Å². The van der Waals surface area contributed by atoms with Crippen LogP contribution < -0.4 is 0 Å². The van der Waals surface area contributed by atoms with Crippen molar-refractivity contribution in [2.45, 2.75) is 37.3 Å². The van der Waals surface area contributed by atoms with Crippen LogP contribution in [-0.2, 0) is 16.4 Å². The number of hydrogen-bond donors (Lipinski definition) is 1. The molecule has 0 unspecified atom stereocenters. The number of non-ortho nitro benzene ring substituents is 1. The van der Waals surface area contributed by atoms with Crippen molar-refractivity contribution < 1.29 is 18.4 Å². The smallest absolute Gasteiger partial charge is 0.269 e. The molecule has 0 fully saturated rings. The Bertz CT molecular complexity index is 1020. The Balaban J connectivity index is 2.29. The third-order valence-electron chi connectivity index (χ3n) is 4.58. The van der Waals surface area contributed by atoms with Crippen LogP contribution in [0.3, 0.4) is 0 Å². The van der Waals surface area contributed by atoms with Gasteiger partial charge in [0.1, 0.15) is 0 Å². The summed E-state index contributed by atoms with van der Waals surface area (Å²) in [4.78, 5) is 12.9. The molecule has 1 N–H and O–H groups in total. The minimum atomic E-state index is -4.04. The van der Waals surface area contributed by atoms with Gasteiger partial charge in [0.05, 0.1) is 22.0 Å². The van der Waals surface area contributed by atoms with Crippen molar-refractivity contribution in [1.82, 2.24) is 4.31 Å². The van der Waals surface area contributed by atoms with E-state index in [4.69, 9.17) is 5.53 Å². The molecule has 11 heteroatoms. The summed E-state index contributed by atoms with van der Waals surface area (Å²) in [6.45, 7) is 3.50. The maximum absolute atomic E-state index is 13.2. The number of sulfonamides is 1. The first kappa shape index (κ1) is 24.3. The Kier molecular flexibility index (Phi) is 8.52. The lowest BCUT2D eigenvalue weighted by atomic mass is 10.0. The Morgan fingerprint density at radius 2 is 1.74 bits per heavy atom. The second-order valence-corrected chi connectivity index (χ2v) is 9.43. The predicted molar refractivity (Wildman–Crippen MR) is 116 cm³/mol. The highest BCUT2D eigenvalue weighted by Crippen LogP contribution is 2.22. The third kappa shape index (κ3) is 6.76. The number of nitro groups is 1. The Morgan fingerprint density at radius 1 is 1.13 bits per heavy atom. The van der Waals surface area contributed by atoms with Gasteiger partial charge in [-0.1, -0.05) is 49.3 Å². The van der Waals surface area contributed by atoms with Crippen LogP contribution in [0.1, 0.15) is 19.4 Å². The van der Waals surface area contributed by atoms with Crippen LogP contribution in [0.2, 0.25) is 0 Å². The molecule has 0 radical (unpaired) electrons. The Hall–Kier alpha value is -2.98. The van der Waals surface area contributed by atoms with Gasteiger partial charge < -0.3 is 5.11 Å². The van der Waals surface area contributed by atoms with Crippen LogP contribution in [0.5, 0.6) is 0 Å². The molecule has 0 saturated heterocycles. The molecule has 2 aromatic carbocycles. The van der Waals surface area contributed by atoms with Gasteiger partial charge in [-0.2, -0.15) is 4.31 Å². The summed E-state index contributed by atoms with van der Waals surface area (Å²) in [5.41, 5.74) is 9.53. The molecular formula is C20H25N5O5S. The summed E-state index contributed by atoms with van der Waals surface area (Å²) in [5, 5.41) is 25.3. The Labute approximate surface area is 181 Å². The van der Waals surface area contributed by atoms with Crippen molar-refractivity contribution in [3.05, 3.63) is 80.7 Å². The van der Waals surface area contributed by atoms with E-state index in [1.54, 1.807) is 0 Å². The average Bonchev–Trinajstić information content (AvgIpc) is 2.73. The topological polar surface area (TPSA) is 150 Å². The van der Waals surface area contributed by atoms with Crippen molar-refractivity contribution in [1.29, 1.82) is 0 Å². The predicted octanol–water partition coefficient (Wildman–Crippen LogP) is 3.52. The van der Waals surface area contributed by atoms with Crippen LogP contribution in [0.15, 0.2) is 64.6 Å². The molecule has 2 rings (SSSR count). The van der Waals surface area contributed by atoms with E-state index in [1.807, 2.05) is 44.2 Å². The first-order chi connectivity index (χ1) is 14.6. The number of nitro benzene ring substituents is 1. The maximum Gasteiger partial charge on any atom is 0.269 e. The van der Waals surface area contributed by atoms with Gasteiger partial charge >= 0.3 is 0 Å². The molecule has 31 heavy (non-hydrogen) atoms. The highest BCUT2D eigenvalue weighted by atomic mass is 32.2. The second-order valence-electron chi connectivity index (χ2n) is 7.50. The fraction of sp³-hybridized carbons (Fsp3) is 0.400. The standard InChI is InChI=1S/C20H25N5O5S/c1-15(2)13-24(31(29,30)18-10-8-17(9-11-18)25(27)28)14-20(26)19(22-23-21)12-16-6-4-3-5-7-16/h3-11,15,19-20,26H,12-14H2,1-2H3/t19-,20+/m0/s1. The highest BCUT2D eigenvalue weighted by molar-refractivity contribution is 7.89. The van der Waals surface area contributed by atoms with Gasteiger partial charge in [-0.05, 0) is 35.6 Å². The van der Waals surface area contributed by atoms with E-state index in [2.05, 4.69) is 10.0 Å². The molecule has 0 aliphatic heterocycles. The molecule has 0 aliphatic carbocycles. The number of benzene rings is 2. The Morgan fingerprint density at radius 3 is 2.26 bits per heavy atom. The summed E-state index contributed by atoms with van der Waals surface area (Å²) < 4.78 is 27.4. The molecule has 0 aliphatic rings. The van der Waals surface area contributed by atoms with Crippen LogP contribution in [0.25, 0.3) is 10.4 Å². The van der Waals surface area contributed by atoms with Crippen LogP contribution in [-0.4, -0.2) is 48.0 Å². The maximum atomic E-state index is 13.2. The number of aliphatic hydroxyl groups is 1. The van der Waals surface area contributed by atoms with Crippen molar-refractivity contribution >= 4 is 15.7 Å². The summed E-state index contributed by atoms with van der Waals surface area (Å²) in [5.74, 6) is -0.0490. The number of aliphatic hydroxyl groups excluding tert-OH is 1. The molecule has 2 aromatic rings. The lowest BCUT2D eigenvalue weighted by molar-refractivity contribution is -0.384. The monoisotopic (exact) mass is 447 g/mol. The molecule has 0 aromatic heterocycles. The van der Waals surface area contributed by atoms with Crippen molar-refractivity contribution in [2.75, 3.05) is 13.1 Å². The first-order valence-corrected chi connectivity index (χ1v) is 11.1. The summed E-state index contributed by atoms with van der Waals surface area (Å²) in [6.07, 6.45) is -0.998. The van der Waals surface area contributed by atoms with E-state index >= 15 is 0 Å². The van der Waals surface area contributed by atoms with Crippen molar-refractivity contribution in [2.24, 2.45) is 11.0 Å². The third-order valence-corrected chi connectivity index (χ3v) is 6.42. The lowest BCUT2D eigenvalue weighted by Crippen LogP contribution is -2.43. The number of rotatable bonds is 11. The fourth-order valence-corrected chi connectivity index (χ4v) is 4.69. The van der Waals surface area contributed by atoms with E-state index in [9.17, 15) is 23.6 Å². The van der Waals surface area contributed by atoms with Crippen LogP contribution in [0.4, 0.5) is 5.69 Å². The summed E-state index contributed by atoms with van der Waals surface area (Å²) in [6, 6.07) is 12.8. The largest absolute Gasteiger partial charge is 0.391 e. The van der Waals surface area contributed by atoms with Gasteiger partial charge in [0.15, 0.2) is 0 Å². The molecule has 0 heterocycles. The zero-order chi connectivity index (χ0) is 23.0. The molecular weight excluding hydrogens is 422 g/mol. The molecule has 166 valence electrons. The number of azide groups is 1. The molecule has 0 bridgehead atoms. The quantitative estimate of drug-likeness (QED) is 0.184. The van der Waals surface area contributed by atoms with E-state index in [0.29, 0.717) is 0 Å². The van der Waals surface area contributed by atoms with Crippen molar-refractivity contribution in [3.8, 4) is 0 Å². The van der Waals surface area contributed by atoms with Gasteiger partial charge in [0, 0.05) is 30.1 Å². The van der Waals surface area contributed by atoms with Gasteiger partial charge in [-0.25, -0.2) is 8.42 Å². The molecule has 0 amide bonds. The molecule has 0 spiro atoms. The van der Waals surface area contributed by atoms with E-state index in [0.717, 1.165) is 22.0 Å². The SMILES string of the molecule is CC(C)CN(C[C@@H](O)[C@H](Cc1ccccc1)N=[N+]=[N-])S(=O)(=O)c1ccc([N+](=O)[O-])cc1. The summed E-state index contributed by atoms with van der Waals surface area (Å²) >= 11 is 0. The van der Waals surface area contributed by atoms with Crippen molar-refractivity contribution in [3.63, 3.8) is 0 Å². The number of hydrogen-bond acceptors (Lipinski definition) is 6. The number of nitrogens with zero attached hydrogens (tertiary/aromatic N) is 5. The molecule has 0 saturated carbocycles. The second kappa shape index (κ2) is 10.9. The van der Waals surface area contributed by atoms with E-state index in [1.165, 1.54) is 12.1 Å². The minimum Gasteiger partial charge on any atom is -0.391 e. The zero-order valence-electron chi connectivity index (χ0n) is 17.3. The minimum absolute atomic E-state index is 0.0490. The van der Waals surface area contributed by atoms with Gasteiger partial charge in [-0.15, -0.1) is 0 Å². The van der Waals surface area contributed by atoms with Crippen LogP contribution in [0, 0.1) is 16.0 Å². The van der Waals surface area contributed by atoms with E-state index < -0.39 is 27.1 Å². The van der Waals surface area contributed by atoms with Gasteiger partial charge in [0.2, 0.25) is 10.0 Å². The highest BCUT2D eigenvalue weighted by Gasteiger charge is 2.30.